The molecule has 0 aliphatic carbocycles. The predicted molar refractivity (Wildman–Crippen MR) is 98.0 cm³/mol. The van der Waals surface area contributed by atoms with Gasteiger partial charge >= 0.3 is 0 Å². The highest BCUT2D eigenvalue weighted by Gasteiger charge is 2.28. The number of amides is 1. The zero-order valence-corrected chi connectivity index (χ0v) is 15.6. The summed E-state index contributed by atoms with van der Waals surface area (Å²) in [5, 5.41) is 0. The Labute approximate surface area is 154 Å². The molecule has 2 fully saturated rings. The molecule has 2 aliphatic heterocycles. The van der Waals surface area contributed by atoms with Crippen LogP contribution in [0, 0.1) is 11.6 Å². The molecule has 3 rings (SSSR count). The quantitative estimate of drug-likeness (QED) is 0.802. The summed E-state index contributed by atoms with van der Waals surface area (Å²) >= 11 is 0. The average molecular weight is 365 g/mol. The molecule has 0 saturated carbocycles. The van der Waals surface area contributed by atoms with Crippen molar-refractivity contribution >= 4 is 5.91 Å². The third-order valence-corrected chi connectivity index (χ3v) is 5.70. The van der Waals surface area contributed by atoms with Crippen molar-refractivity contribution in [3.05, 3.63) is 35.4 Å². The van der Waals surface area contributed by atoms with Crippen LogP contribution in [-0.4, -0.2) is 73.0 Å². The fraction of sp³-hybridized carbons (Fsp3) is 0.650. The molecule has 0 aromatic heterocycles. The summed E-state index contributed by atoms with van der Waals surface area (Å²) in [7, 11) is 2.14. The van der Waals surface area contributed by atoms with Crippen LogP contribution in [0.2, 0.25) is 0 Å². The molecule has 1 atom stereocenters. The van der Waals surface area contributed by atoms with Crippen molar-refractivity contribution in [2.24, 2.45) is 0 Å². The zero-order chi connectivity index (χ0) is 18.5. The Bertz CT molecular complexity index is 617. The van der Waals surface area contributed by atoms with Crippen molar-refractivity contribution in [2.45, 2.75) is 38.1 Å². The maximum absolute atomic E-state index is 13.9. The van der Waals surface area contributed by atoms with Crippen molar-refractivity contribution < 1.29 is 13.6 Å². The van der Waals surface area contributed by atoms with Gasteiger partial charge in [0, 0.05) is 50.9 Å². The summed E-state index contributed by atoms with van der Waals surface area (Å²) in [6.07, 6.45) is 4.02. The molecule has 0 bridgehead atoms. The Morgan fingerprint density at radius 3 is 2.65 bits per heavy atom. The fourth-order valence-corrected chi connectivity index (χ4v) is 3.98. The molecule has 144 valence electrons. The van der Waals surface area contributed by atoms with Gasteiger partial charge in [-0.3, -0.25) is 4.79 Å². The van der Waals surface area contributed by atoms with Crippen LogP contribution in [0.15, 0.2) is 18.2 Å². The summed E-state index contributed by atoms with van der Waals surface area (Å²) in [5.74, 6) is -1.87. The minimum absolute atomic E-state index is 0.0609. The van der Waals surface area contributed by atoms with Crippen LogP contribution in [0.3, 0.4) is 0 Å². The Morgan fingerprint density at radius 2 is 1.88 bits per heavy atom. The minimum atomic E-state index is -0.896. The Morgan fingerprint density at radius 1 is 1.12 bits per heavy atom. The molecule has 0 spiro atoms. The van der Waals surface area contributed by atoms with E-state index < -0.39 is 11.6 Å². The predicted octanol–water partition coefficient (Wildman–Crippen LogP) is 2.53. The van der Waals surface area contributed by atoms with Crippen molar-refractivity contribution in [1.29, 1.82) is 0 Å². The normalized spacial score (nSPS) is 22.6. The van der Waals surface area contributed by atoms with Gasteiger partial charge in [-0.1, -0.05) is 12.1 Å². The molecule has 1 aromatic rings. The smallest absolute Gasteiger partial charge is 0.227 e. The second-order valence-corrected chi connectivity index (χ2v) is 7.56. The summed E-state index contributed by atoms with van der Waals surface area (Å²) in [4.78, 5) is 19.5. The van der Waals surface area contributed by atoms with E-state index in [2.05, 4.69) is 16.8 Å². The van der Waals surface area contributed by atoms with Crippen molar-refractivity contribution in [3.63, 3.8) is 0 Å². The summed E-state index contributed by atoms with van der Waals surface area (Å²) in [5.41, 5.74) is 0.151. The molecule has 6 heteroatoms. The van der Waals surface area contributed by atoms with Gasteiger partial charge in [0.1, 0.15) is 0 Å². The lowest BCUT2D eigenvalue weighted by molar-refractivity contribution is -0.134. The topological polar surface area (TPSA) is 26.8 Å². The van der Waals surface area contributed by atoms with Crippen molar-refractivity contribution in [3.8, 4) is 0 Å². The number of piperidine rings is 1. The number of hydrogen-bond donors (Lipinski definition) is 0. The maximum atomic E-state index is 13.9. The van der Waals surface area contributed by atoms with E-state index in [4.69, 9.17) is 0 Å². The van der Waals surface area contributed by atoms with Crippen LogP contribution in [0.4, 0.5) is 8.78 Å². The zero-order valence-electron chi connectivity index (χ0n) is 15.6. The molecular weight excluding hydrogens is 336 g/mol. The van der Waals surface area contributed by atoms with Crippen LogP contribution < -0.4 is 0 Å². The first kappa shape index (κ1) is 19.2. The summed E-state index contributed by atoms with van der Waals surface area (Å²) in [6.45, 7) is 6.05. The van der Waals surface area contributed by atoms with Gasteiger partial charge in [0.25, 0.3) is 0 Å². The molecule has 4 nitrogen and oxygen atoms in total. The van der Waals surface area contributed by atoms with Crippen LogP contribution in [0.1, 0.15) is 31.2 Å². The number of likely N-dealkylation sites (tertiary alicyclic amines) is 1. The molecule has 2 heterocycles. The summed E-state index contributed by atoms with van der Waals surface area (Å²) < 4.78 is 27.3. The standard InChI is InChI=1S/C20H29F2N3O/c1-23-11-13-24(14-12-23)10-8-17-6-2-3-9-25(17)19(26)15-16-5-4-7-18(21)20(16)22/h4-5,7,17H,2-3,6,8-15H2,1H3/t17-/m1/s1. The maximum Gasteiger partial charge on any atom is 0.227 e. The number of nitrogens with zero attached hydrogens (tertiary/aromatic N) is 3. The molecular formula is C20H29F2N3O. The Hall–Kier alpha value is -1.53. The van der Waals surface area contributed by atoms with E-state index in [1.807, 2.05) is 4.90 Å². The third kappa shape index (κ3) is 4.80. The van der Waals surface area contributed by atoms with E-state index in [1.54, 1.807) is 0 Å². The van der Waals surface area contributed by atoms with Crippen LogP contribution in [-0.2, 0) is 11.2 Å². The Balaban J connectivity index is 1.57. The van der Waals surface area contributed by atoms with E-state index >= 15 is 0 Å². The van der Waals surface area contributed by atoms with E-state index in [-0.39, 0.29) is 23.9 Å². The SMILES string of the molecule is CN1CCN(CC[C@H]2CCCCN2C(=O)Cc2cccc(F)c2F)CC1. The third-order valence-electron chi connectivity index (χ3n) is 5.70. The summed E-state index contributed by atoms with van der Waals surface area (Å²) in [6, 6.07) is 4.26. The minimum Gasteiger partial charge on any atom is -0.339 e. The van der Waals surface area contributed by atoms with E-state index in [0.717, 1.165) is 71.0 Å². The fourth-order valence-electron chi connectivity index (χ4n) is 3.98. The van der Waals surface area contributed by atoms with Crippen molar-refractivity contribution in [2.75, 3.05) is 46.3 Å². The molecule has 0 N–H and O–H groups in total. The highest BCUT2D eigenvalue weighted by atomic mass is 19.2. The Kier molecular flexibility index (Phi) is 6.59. The van der Waals surface area contributed by atoms with Crippen LogP contribution in [0.5, 0.6) is 0 Å². The van der Waals surface area contributed by atoms with Crippen molar-refractivity contribution in [1.82, 2.24) is 14.7 Å². The number of likely N-dealkylation sites (N-methyl/N-ethyl adjacent to an activating group) is 1. The number of rotatable bonds is 5. The average Bonchev–Trinajstić information content (AvgIpc) is 2.65. The van der Waals surface area contributed by atoms with Gasteiger partial charge in [-0.15, -0.1) is 0 Å². The first-order valence-electron chi connectivity index (χ1n) is 9.68. The lowest BCUT2D eigenvalue weighted by Crippen LogP contribution is -2.48. The number of hydrogen-bond acceptors (Lipinski definition) is 3. The van der Waals surface area contributed by atoms with Crippen LogP contribution >= 0.6 is 0 Å². The molecule has 0 radical (unpaired) electrons. The number of benzene rings is 1. The second-order valence-electron chi connectivity index (χ2n) is 7.56. The van der Waals surface area contributed by atoms with Gasteiger partial charge in [-0.05, 0) is 38.8 Å². The van der Waals surface area contributed by atoms with E-state index in [0.29, 0.717) is 0 Å². The number of carbonyl (C=O) groups excluding carboxylic acids is 1. The molecule has 26 heavy (non-hydrogen) atoms. The van der Waals surface area contributed by atoms with Gasteiger partial charge in [0.05, 0.1) is 6.42 Å². The monoisotopic (exact) mass is 365 g/mol. The van der Waals surface area contributed by atoms with Gasteiger partial charge in [0.15, 0.2) is 11.6 Å². The molecule has 1 amide bonds. The van der Waals surface area contributed by atoms with Gasteiger partial charge < -0.3 is 14.7 Å². The highest BCUT2D eigenvalue weighted by molar-refractivity contribution is 5.79. The molecule has 2 aliphatic rings. The largest absolute Gasteiger partial charge is 0.339 e. The lowest BCUT2D eigenvalue weighted by atomic mass is 9.97. The molecule has 1 aromatic carbocycles. The number of carbonyl (C=O) groups is 1. The lowest BCUT2D eigenvalue weighted by Gasteiger charge is -2.38. The highest BCUT2D eigenvalue weighted by Crippen LogP contribution is 2.22. The first-order valence-corrected chi connectivity index (χ1v) is 9.68. The number of piperazine rings is 1. The second kappa shape index (κ2) is 8.91. The van der Waals surface area contributed by atoms with E-state index in [9.17, 15) is 13.6 Å². The first-order chi connectivity index (χ1) is 12.5. The van der Waals surface area contributed by atoms with Gasteiger partial charge in [-0.2, -0.15) is 0 Å². The molecule has 0 unspecified atom stereocenters. The van der Waals surface area contributed by atoms with E-state index in [1.165, 1.54) is 12.1 Å². The van der Waals surface area contributed by atoms with Crippen LogP contribution in [0.25, 0.3) is 0 Å². The molecule has 2 saturated heterocycles. The van der Waals surface area contributed by atoms with Gasteiger partial charge in [-0.25, -0.2) is 8.78 Å². The van der Waals surface area contributed by atoms with Gasteiger partial charge in [0.2, 0.25) is 5.91 Å². The number of halogens is 2.